The van der Waals surface area contributed by atoms with Gasteiger partial charge in [-0.15, -0.1) is 23.2 Å². The van der Waals surface area contributed by atoms with Crippen molar-refractivity contribution in [1.82, 2.24) is 0 Å². The van der Waals surface area contributed by atoms with Gasteiger partial charge in [-0.05, 0) is 82.6 Å². The van der Waals surface area contributed by atoms with E-state index in [0.29, 0.717) is 33.6 Å². The summed E-state index contributed by atoms with van der Waals surface area (Å²) in [6.07, 6.45) is 0. The third kappa shape index (κ3) is 8.25. The topological polar surface area (TPSA) is 204 Å². The van der Waals surface area contributed by atoms with Crippen molar-refractivity contribution in [1.29, 1.82) is 0 Å². The van der Waals surface area contributed by atoms with Gasteiger partial charge in [-0.1, -0.05) is 36.4 Å². The van der Waals surface area contributed by atoms with Crippen LogP contribution in [-0.2, 0) is 20.2 Å². The lowest BCUT2D eigenvalue weighted by molar-refractivity contribution is -0.215. The van der Waals surface area contributed by atoms with E-state index in [1.807, 2.05) is 0 Å². The molecule has 0 saturated carbocycles. The summed E-state index contributed by atoms with van der Waals surface area (Å²) in [6.45, 7) is 0. The molecule has 0 fully saturated rings. The number of hydrogen-bond donors (Lipinski definition) is 2. The van der Waals surface area contributed by atoms with E-state index in [2.05, 4.69) is 20.2 Å². The van der Waals surface area contributed by atoms with Crippen LogP contribution in [0.2, 0.25) is 0 Å². The van der Waals surface area contributed by atoms with Crippen LogP contribution in [0.5, 0.6) is 0 Å². The minimum Gasteiger partial charge on any atom is -0.861 e. The first-order valence-corrected chi connectivity index (χ1v) is 16.2. The van der Waals surface area contributed by atoms with Crippen molar-refractivity contribution in [3.05, 3.63) is 84.9 Å². The highest BCUT2D eigenvalue weighted by Gasteiger charge is 2.18. The van der Waals surface area contributed by atoms with Gasteiger partial charge in [-0.2, -0.15) is 27.1 Å². The van der Waals surface area contributed by atoms with E-state index in [9.17, 15) is 36.2 Å². The molecule has 4 rings (SSSR count). The molecule has 0 aromatic heterocycles. The Bertz CT molecular complexity index is 1850. The molecule has 2 N–H and O–H groups in total. The number of aliphatic imine (C=N–C) groups is 2. The first kappa shape index (κ1) is 32.7. The van der Waals surface area contributed by atoms with Gasteiger partial charge in [0, 0.05) is 0 Å². The van der Waals surface area contributed by atoms with Crippen LogP contribution >= 0.6 is 23.2 Å². The average Bonchev–Trinajstić information content (AvgIpc) is 2.99. The SMILES string of the molecule is O=S(=O)(O)c1cc(-c2ccc(N=Nc3ccc(-c4ccc(N=C([O-])CCl)c(S(=O)(=O)O)c4)cc3)cc2)ccc1N=C([O-])CCl. The van der Waals surface area contributed by atoms with E-state index in [1.165, 1.54) is 36.4 Å². The van der Waals surface area contributed by atoms with E-state index >= 15 is 0 Å². The number of azo groups is 1. The number of halogens is 2. The van der Waals surface area contributed by atoms with Crippen molar-refractivity contribution in [2.45, 2.75) is 9.79 Å². The Kier molecular flexibility index (Phi) is 10.1. The summed E-state index contributed by atoms with van der Waals surface area (Å²) in [5.74, 6) is -2.42. The second-order valence-corrected chi connectivity index (χ2v) is 12.2. The molecule has 0 amide bonds. The zero-order chi connectivity index (χ0) is 32.1. The summed E-state index contributed by atoms with van der Waals surface area (Å²) in [5.41, 5.74) is 2.50. The quantitative estimate of drug-likeness (QED) is 0.0751. The Morgan fingerprint density at radius 2 is 0.886 bits per heavy atom. The van der Waals surface area contributed by atoms with Crippen LogP contribution in [0.4, 0.5) is 22.7 Å². The van der Waals surface area contributed by atoms with Crippen LogP contribution in [0.15, 0.2) is 115 Å². The van der Waals surface area contributed by atoms with E-state index in [4.69, 9.17) is 23.2 Å². The van der Waals surface area contributed by atoms with Gasteiger partial charge in [0.25, 0.3) is 20.2 Å². The maximum atomic E-state index is 11.9. The standard InChI is InChI=1S/C28H22Cl2N4O8S2/c29-15-27(35)31-23-11-5-19(13-25(23)43(37,38)39)17-1-7-21(8-2-17)33-34-22-9-3-18(4-10-22)20-6-12-24(32-28(36)16-30)26(14-20)44(40,41)42/h1-14H,15-16H2,(H,31,35)(H,32,36)(H,37,38,39)(H,40,41,42)/p-2. The molecule has 4 aromatic carbocycles. The Morgan fingerprint density at radius 1 is 0.568 bits per heavy atom. The normalized spacial score (nSPS) is 13.0. The van der Waals surface area contributed by atoms with Crippen molar-refractivity contribution >= 4 is 78.0 Å². The van der Waals surface area contributed by atoms with E-state index < -0.39 is 53.6 Å². The third-order valence-corrected chi connectivity index (χ3v) is 8.10. The van der Waals surface area contributed by atoms with Crippen molar-refractivity contribution < 1.29 is 36.2 Å². The predicted molar refractivity (Wildman–Crippen MR) is 163 cm³/mol. The molecule has 0 aliphatic heterocycles. The molecule has 0 radical (unpaired) electrons. The van der Waals surface area contributed by atoms with Crippen molar-refractivity contribution in [2.75, 3.05) is 11.8 Å². The lowest BCUT2D eigenvalue weighted by Crippen LogP contribution is -2.18. The Hall–Kier alpha value is -4.18. The molecule has 0 unspecified atom stereocenters. The summed E-state index contributed by atoms with van der Waals surface area (Å²) in [7, 11) is -9.37. The largest absolute Gasteiger partial charge is 0.861 e. The van der Waals surface area contributed by atoms with Crippen LogP contribution in [0, 0.1) is 0 Å². The number of hydrogen-bond acceptors (Lipinski definition) is 10. The first-order valence-electron chi connectivity index (χ1n) is 12.3. The number of alkyl halides is 2. The molecule has 4 aromatic rings. The molecule has 0 bridgehead atoms. The fourth-order valence-electron chi connectivity index (χ4n) is 3.87. The van der Waals surface area contributed by atoms with Crippen molar-refractivity contribution in [3.8, 4) is 22.3 Å². The highest BCUT2D eigenvalue weighted by molar-refractivity contribution is 7.86. The van der Waals surface area contributed by atoms with Gasteiger partial charge in [0.2, 0.25) is 0 Å². The molecule has 44 heavy (non-hydrogen) atoms. The van der Waals surface area contributed by atoms with Crippen LogP contribution < -0.4 is 10.2 Å². The van der Waals surface area contributed by atoms with E-state index in [0.717, 1.165) is 0 Å². The van der Waals surface area contributed by atoms with Gasteiger partial charge in [-0.25, -0.2) is 0 Å². The summed E-state index contributed by atoms with van der Waals surface area (Å²) in [4.78, 5) is 6.14. The molecule has 12 nitrogen and oxygen atoms in total. The van der Waals surface area contributed by atoms with Crippen LogP contribution in [0.1, 0.15) is 0 Å². The smallest absolute Gasteiger partial charge is 0.296 e. The van der Waals surface area contributed by atoms with Crippen LogP contribution in [0.25, 0.3) is 22.3 Å². The number of rotatable bonds is 10. The summed E-state index contributed by atoms with van der Waals surface area (Å²) < 4.78 is 66.7. The second kappa shape index (κ2) is 13.6. The molecule has 0 aliphatic carbocycles. The maximum absolute atomic E-state index is 11.9. The zero-order valence-corrected chi connectivity index (χ0v) is 25.3. The molecule has 0 aliphatic rings. The van der Waals surface area contributed by atoms with Gasteiger partial charge in [0.05, 0.1) is 34.5 Å². The molecule has 0 spiro atoms. The summed E-state index contributed by atoms with van der Waals surface area (Å²) in [6, 6.07) is 21.2. The molecular formula is C28H20Cl2N4O8S2-2. The Morgan fingerprint density at radius 3 is 1.18 bits per heavy atom. The molecule has 228 valence electrons. The molecule has 0 heterocycles. The van der Waals surface area contributed by atoms with Crippen LogP contribution in [0.3, 0.4) is 0 Å². The molecule has 16 heteroatoms. The maximum Gasteiger partial charge on any atom is 0.296 e. The Balaban J connectivity index is 1.54. The molecular weight excluding hydrogens is 655 g/mol. The predicted octanol–water partition coefficient (Wildman–Crippen LogP) is 5.19. The first-order chi connectivity index (χ1) is 20.8. The van der Waals surface area contributed by atoms with Gasteiger partial charge < -0.3 is 10.2 Å². The second-order valence-electron chi connectivity index (χ2n) is 8.89. The number of nitrogens with zero attached hydrogens (tertiary/aromatic N) is 4. The highest BCUT2D eigenvalue weighted by Crippen LogP contribution is 2.33. The van der Waals surface area contributed by atoms with E-state index in [1.54, 1.807) is 48.5 Å². The third-order valence-electron chi connectivity index (χ3n) is 5.88. The molecule has 0 atom stereocenters. The number of benzene rings is 4. The fourth-order valence-corrected chi connectivity index (χ4v) is 5.30. The van der Waals surface area contributed by atoms with Crippen molar-refractivity contribution in [2.24, 2.45) is 20.2 Å². The van der Waals surface area contributed by atoms with Crippen molar-refractivity contribution in [3.63, 3.8) is 0 Å². The van der Waals surface area contributed by atoms with Gasteiger partial charge in [-0.3, -0.25) is 19.1 Å². The highest BCUT2D eigenvalue weighted by atomic mass is 35.5. The lowest BCUT2D eigenvalue weighted by Gasteiger charge is -2.11. The van der Waals surface area contributed by atoms with E-state index in [-0.39, 0.29) is 11.4 Å². The summed E-state index contributed by atoms with van der Waals surface area (Å²) >= 11 is 10.9. The zero-order valence-electron chi connectivity index (χ0n) is 22.2. The van der Waals surface area contributed by atoms with Gasteiger partial charge in [0.1, 0.15) is 9.79 Å². The lowest BCUT2D eigenvalue weighted by atomic mass is 10.0. The minimum absolute atomic E-state index is 0.233. The fraction of sp³-hybridized carbons (Fsp3) is 0.0714. The van der Waals surface area contributed by atoms with Gasteiger partial charge in [0.15, 0.2) is 0 Å². The van der Waals surface area contributed by atoms with Crippen LogP contribution in [-0.4, -0.2) is 49.5 Å². The summed E-state index contributed by atoms with van der Waals surface area (Å²) in [5, 5.41) is 31.5. The minimum atomic E-state index is -4.68. The average molecular weight is 676 g/mol. The molecule has 0 saturated heterocycles. The Labute approximate surface area is 262 Å². The van der Waals surface area contributed by atoms with Gasteiger partial charge >= 0.3 is 0 Å². The monoisotopic (exact) mass is 674 g/mol.